The molecule has 0 fully saturated rings. The van der Waals surface area contributed by atoms with E-state index in [2.05, 4.69) is 30.8 Å². The minimum Gasteiger partial charge on any atom is -0.317 e. The van der Waals surface area contributed by atoms with Gasteiger partial charge >= 0.3 is 0 Å². The standard InChI is InChI=1S/C15H13BrN4O2S/c1-20-10-17-18-15(20)11-6-8-12(9-7-11)19-23(21,22)14-5-3-2-4-13(14)16/h2-10,19H,1H3. The van der Waals surface area contributed by atoms with Gasteiger partial charge in [0.2, 0.25) is 0 Å². The van der Waals surface area contributed by atoms with Gasteiger partial charge in [-0.1, -0.05) is 12.1 Å². The Morgan fingerprint density at radius 3 is 2.39 bits per heavy atom. The van der Waals surface area contributed by atoms with Crippen molar-refractivity contribution in [3.05, 3.63) is 59.3 Å². The van der Waals surface area contributed by atoms with Crippen LogP contribution < -0.4 is 4.72 Å². The van der Waals surface area contributed by atoms with Gasteiger partial charge in [-0.05, 0) is 52.3 Å². The van der Waals surface area contributed by atoms with Crippen molar-refractivity contribution >= 4 is 31.6 Å². The van der Waals surface area contributed by atoms with E-state index in [0.717, 1.165) is 5.56 Å². The van der Waals surface area contributed by atoms with Crippen LogP contribution in [0.25, 0.3) is 11.4 Å². The molecule has 2 aromatic carbocycles. The Bertz CT molecular complexity index is 936. The summed E-state index contributed by atoms with van der Waals surface area (Å²) in [6.45, 7) is 0. The second-order valence-corrected chi connectivity index (χ2v) is 7.38. The average molecular weight is 393 g/mol. The molecule has 0 aliphatic rings. The summed E-state index contributed by atoms with van der Waals surface area (Å²) < 4.78 is 29.7. The van der Waals surface area contributed by atoms with Crippen LogP contribution in [0, 0.1) is 0 Å². The highest BCUT2D eigenvalue weighted by atomic mass is 79.9. The first kappa shape index (κ1) is 15.7. The maximum Gasteiger partial charge on any atom is 0.263 e. The maximum atomic E-state index is 12.4. The van der Waals surface area contributed by atoms with Crippen molar-refractivity contribution in [2.75, 3.05) is 4.72 Å². The summed E-state index contributed by atoms with van der Waals surface area (Å²) in [5, 5.41) is 7.84. The van der Waals surface area contributed by atoms with Crippen LogP contribution in [0.2, 0.25) is 0 Å². The van der Waals surface area contributed by atoms with Crippen LogP contribution in [0.4, 0.5) is 5.69 Å². The molecule has 0 atom stereocenters. The Kier molecular flexibility index (Phi) is 4.18. The number of nitrogens with one attached hydrogen (secondary N) is 1. The van der Waals surface area contributed by atoms with Crippen LogP contribution in [0.15, 0.2) is 64.2 Å². The van der Waals surface area contributed by atoms with E-state index in [4.69, 9.17) is 0 Å². The summed E-state index contributed by atoms with van der Waals surface area (Å²) in [6.07, 6.45) is 1.61. The summed E-state index contributed by atoms with van der Waals surface area (Å²) in [7, 11) is -1.80. The Morgan fingerprint density at radius 2 is 1.78 bits per heavy atom. The molecular formula is C15H13BrN4O2S. The highest BCUT2D eigenvalue weighted by Crippen LogP contribution is 2.25. The van der Waals surface area contributed by atoms with Gasteiger partial charge in [-0.2, -0.15) is 0 Å². The van der Waals surface area contributed by atoms with Gasteiger partial charge in [0.1, 0.15) is 11.2 Å². The molecule has 0 unspecified atom stereocenters. The lowest BCUT2D eigenvalue weighted by atomic mass is 10.2. The minimum absolute atomic E-state index is 0.192. The van der Waals surface area contributed by atoms with E-state index in [-0.39, 0.29) is 4.90 Å². The first-order valence-electron chi connectivity index (χ1n) is 6.69. The maximum absolute atomic E-state index is 12.4. The molecule has 0 bridgehead atoms. The van der Waals surface area contributed by atoms with Gasteiger partial charge in [0.25, 0.3) is 10.0 Å². The summed E-state index contributed by atoms with van der Waals surface area (Å²) in [4.78, 5) is 0.192. The molecule has 6 nitrogen and oxygen atoms in total. The Balaban J connectivity index is 1.87. The van der Waals surface area contributed by atoms with Gasteiger partial charge in [-0.25, -0.2) is 8.42 Å². The smallest absolute Gasteiger partial charge is 0.263 e. The van der Waals surface area contributed by atoms with Crippen LogP contribution in [0.1, 0.15) is 0 Å². The summed E-state index contributed by atoms with van der Waals surface area (Å²) in [5.74, 6) is 0.713. The number of hydrogen-bond acceptors (Lipinski definition) is 4. The van der Waals surface area contributed by atoms with E-state index < -0.39 is 10.0 Å². The van der Waals surface area contributed by atoms with Crippen molar-refractivity contribution in [2.45, 2.75) is 4.90 Å². The summed E-state index contributed by atoms with van der Waals surface area (Å²) in [6, 6.07) is 13.6. The van der Waals surface area contributed by atoms with Crippen molar-refractivity contribution in [2.24, 2.45) is 7.05 Å². The van der Waals surface area contributed by atoms with Crippen molar-refractivity contribution in [1.29, 1.82) is 0 Å². The monoisotopic (exact) mass is 392 g/mol. The predicted octanol–water partition coefficient (Wildman–Crippen LogP) is 3.05. The van der Waals surface area contributed by atoms with E-state index in [1.165, 1.54) is 0 Å². The van der Waals surface area contributed by atoms with Crippen molar-refractivity contribution in [3.8, 4) is 11.4 Å². The summed E-state index contributed by atoms with van der Waals surface area (Å²) in [5.41, 5.74) is 1.33. The van der Waals surface area contributed by atoms with Crippen LogP contribution in [0.5, 0.6) is 0 Å². The number of anilines is 1. The molecule has 0 aliphatic heterocycles. The minimum atomic E-state index is -3.65. The number of rotatable bonds is 4. The SMILES string of the molecule is Cn1cnnc1-c1ccc(NS(=O)(=O)c2ccccc2Br)cc1. The third-order valence-corrected chi connectivity index (χ3v) is 5.63. The van der Waals surface area contributed by atoms with Gasteiger partial charge in [0.05, 0.1) is 0 Å². The molecule has 0 radical (unpaired) electrons. The second-order valence-electron chi connectivity index (χ2n) is 4.88. The van der Waals surface area contributed by atoms with E-state index in [1.807, 2.05) is 7.05 Å². The molecule has 118 valence electrons. The zero-order valence-electron chi connectivity index (χ0n) is 12.1. The number of aromatic nitrogens is 3. The normalized spacial score (nSPS) is 11.4. The first-order valence-corrected chi connectivity index (χ1v) is 8.97. The molecule has 1 N–H and O–H groups in total. The highest BCUT2D eigenvalue weighted by Gasteiger charge is 2.17. The first-order chi connectivity index (χ1) is 11.0. The molecule has 23 heavy (non-hydrogen) atoms. The molecule has 0 amide bonds. The number of nitrogens with zero attached hydrogens (tertiary/aromatic N) is 3. The molecule has 1 heterocycles. The lowest BCUT2D eigenvalue weighted by Gasteiger charge is -2.10. The van der Waals surface area contributed by atoms with Crippen molar-refractivity contribution < 1.29 is 8.42 Å². The Morgan fingerprint density at radius 1 is 1.09 bits per heavy atom. The van der Waals surface area contributed by atoms with E-state index in [1.54, 1.807) is 59.4 Å². The topological polar surface area (TPSA) is 76.9 Å². The quantitative estimate of drug-likeness (QED) is 0.739. The van der Waals surface area contributed by atoms with Gasteiger partial charge in [0, 0.05) is 22.8 Å². The second kappa shape index (κ2) is 6.13. The number of hydrogen-bond donors (Lipinski definition) is 1. The fourth-order valence-electron chi connectivity index (χ4n) is 2.10. The van der Waals surface area contributed by atoms with Gasteiger partial charge in [0.15, 0.2) is 5.82 Å². The lowest BCUT2D eigenvalue weighted by Crippen LogP contribution is -2.13. The fourth-order valence-corrected chi connectivity index (χ4v) is 4.17. The number of benzene rings is 2. The highest BCUT2D eigenvalue weighted by molar-refractivity contribution is 9.10. The zero-order valence-corrected chi connectivity index (χ0v) is 14.5. The fraction of sp³-hybridized carbons (Fsp3) is 0.0667. The predicted molar refractivity (Wildman–Crippen MR) is 91.4 cm³/mol. The molecule has 0 aliphatic carbocycles. The van der Waals surface area contributed by atoms with Gasteiger partial charge in [-0.3, -0.25) is 4.72 Å². The van der Waals surface area contributed by atoms with E-state index >= 15 is 0 Å². The molecule has 0 spiro atoms. The summed E-state index contributed by atoms with van der Waals surface area (Å²) >= 11 is 3.25. The van der Waals surface area contributed by atoms with E-state index in [9.17, 15) is 8.42 Å². The van der Waals surface area contributed by atoms with Gasteiger partial charge < -0.3 is 4.57 Å². The van der Waals surface area contributed by atoms with Crippen molar-refractivity contribution in [1.82, 2.24) is 14.8 Å². The molecule has 0 saturated carbocycles. The van der Waals surface area contributed by atoms with Crippen LogP contribution in [0.3, 0.4) is 0 Å². The lowest BCUT2D eigenvalue weighted by molar-refractivity contribution is 0.601. The average Bonchev–Trinajstić information content (AvgIpc) is 2.94. The largest absolute Gasteiger partial charge is 0.317 e. The number of aryl methyl sites for hydroxylation is 1. The number of halogens is 1. The van der Waals surface area contributed by atoms with Crippen LogP contribution >= 0.6 is 15.9 Å². The van der Waals surface area contributed by atoms with Crippen LogP contribution in [-0.4, -0.2) is 23.2 Å². The Hall–Kier alpha value is -2.19. The molecular weight excluding hydrogens is 380 g/mol. The number of sulfonamides is 1. The molecule has 8 heteroatoms. The third-order valence-electron chi connectivity index (χ3n) is 3.23. The van der Waals surface area contributed by atoms with Gasteiger partial charge in [-0.15, -0.1) is 10.2 Å². The zero-order chi connectivity index (χ0) is 16.4. The third kappa shape index (κ3) is 3.27. The molecule has 3 aromatic rings. The molecule has 0 saturated heterocycles. The van der Waals surface area contributed by atoms with Crippen molar-refractivity contribution in [3.63, 3.8) is 0 Å². The molecule has 3 rings (SSSR count). The molecule has 1 aromatic heterocycles. The van der Waals surface area contributed by atoms with E-state index in [0.29, 0.717) is 16.0 Å². The van der Waals surface area contributed by atoms with Crippen LogP contribution in [-0.2, 0) is 17.1 Å². The Labute approximate surface area is 142 Å².